The van der Waals surface area contributed by atoms with Gasteiger partial charge in [-0.25, -0.2) is 4.79 Å². The van der Waals surface area contributed by atoms with Crippen molar-refractivity contribution in [2.24, 2.45) is 0 Å². The average Bonchev–Trinajstić information content (AvgIpc) is 2.27. The van der Waals surface area contributed by atoms with Gasteiger partial charge in [-0.1, -0.05) is 18.2 Å². The van der Waals surface area contributed by atoms with Crippen molar-refractivity contribution in [3.63, 3.8) is 0 Å². The number of rotatable bonds is 4. The first-order valence-electron chi connectivity index (χ1n) is 4.54. The van der Waals surface area contributed by atoms with Gasteiger partial charge in [-0.15, -0.1) is 0 Å². The van der Waals surface area contributed by atoms with Gasteiger partial charge in [0, 0.05) is 11.2 Å². The molecule has 0 N–H and O–H groups in total. The number of ether oxygens (including phenoxy) is 1. The van der Waals surface area contributed by atoms with E-state index in [-0.39, 0.29) is 0 Å². The van der Waals surface area contributed by atoms with Crippen LogP contribution in [0.1, 0.15) is 6.92 Å². The molecule has 0 bridgehead atoms. The molecular weight excluding hydrogens is 212 g/mol. The van der Waals surface area contributed by atoms with Crippen LogP contribution < -0.4 is 0 Å². The average molecular weight is 224 g/mol. The van der Waals surface area contributed by atoms with Crippen LogP contribution in [0.25, 0.3) is 0 Å². The fraction of sp³-hybridized carbons (Fsp3) is 0.182. The summed E-state index contributed by atoms with van der Waals surface area (Å²) in [5.74, 6) is -0.471. The van der Waals surface area contributed by atoms with Gasteiger partial charge in [-0.2, -0.15) is 0 Å². The van der Waals surface area contributed by atoms with Crippen LogP contribution in [0.4, 0.5) is 0 Å². The summed E-state index contributed by atoms with van der Waals surface area (Å²) in [5.41, 5.74) is 0. The third kappa shape index (κ3) is 4.18. The van der Waals surface area contributed by atoms with Crippen molar-refractivity contribution >= 4 is 17.1 Å². The first kappa shape index (κ1) is 11.8. The van der Waals surface area contributed by atoms with Crippen LogP contribution in [0.2, 0.25) is 0 Å². The molecule has 0 heterocycles. The lowest BCUT2D eigenvalue weighted by Crippen LogP contribution is -2.02. The zero-order valence-corrected chi connectivity index (χ0v) is 9.20. The highest BCUT2D eigenvalue weighted by molar-refractivity contribution is 7.94. The molecule has 1 unspecified atom stereocenters. The number of esters is 1. The minimum Gasteiger partial charge on any atom is -0.607 e. The molecule has 0 spiro atoms. The van der Waals surface area contributed by atoms with Crippen LogP contribution in [0.15, 0.2) is 46.7 Å². The molecule has 0 radical (unpaired) electrons. The van der Waals surface area contributed by atoms with Gasteiger partial charge in [0.1, 0.15) is 5.41 Å². The summed E-state index contributed by atoms with van der Waals surface area (Å²) in [4.78, 5) is 11.6. The van der Waals surface area contributed by atoms with Gasteiger partial charge in [-0.05, 0) is 19.1 Å². The van der Waals surface area contributed by atoms with Gasteiger partial charge in [0.25, 0.3) is 0 Å². The second-order valence-electron chi connectivity index (χ2n) is 2.67. The Bertz CT molecular complexity index is 335. The topological polar surface area (TPSA) is 49.4 Å². The molecule has 0 aliphatic carbocycles. The van der Waals surface area contributed by atoms with Crippen LogP contribution >= 0.6 is 0 Å². The van der Waals surface area contributed by atoms with Gasteiger partial charge in [0.05, 0.1) is 12.7 Å². The van der Waals surface area contributed by atoms with E-state index < -0.39 is 17.1 Å². The van der Waals surface area contributed by atoms with Crippen molar-refractivity contribution in [1.82, 2.24) is 0 Å². The van der Waals surface area contributed by atoms with E-state index in [0.29, 0.717) is 11.5 Å². The zero-order chi connectivity index (χ0) is 11.1. The lowest BCUT2D eigenvalue weighted by atomic mass is 10.4. The summed E-state index contributed by atoms with van der Waals surface area (Å²) >= 11 is -1.29. The lowest BCUT2D eigenvalue weighted by Gasteiger charge is -2.03. The van der Waals surface area contributed by atoms with Gasteiger partial charge in [0.15, 0.2) is 4.90 Å². The van der Waals surface area contributed by atoms with Crippen molar-refractivity contribution in [2.45, 2.75) is 11.8 Å². The van der Waals surface area contributed by atoms with Gasteiger partial charge < -0.3 is 9.29 Å². The second-order valence-corrected chi connectivity index (χ2v) is 4.00. The molecule has 3 nitrogen and oxygen atoms in total. The summed E-state index contributed by atoms with van der Waals surface area (Å²) in [6.07, 6.45) is 1.19. The molecular formula is C11H12O3S. The minimum absolute atomic E-state index is 0.321. The molecule has 0 aliphatic rings. The molecule has 0 aromatic heterocycles. The molecule has 0 saturated carbocycles. The quantitative estimate of drug-likeness (QED) is 0.445. The summed E-state index contributed by atoms with van der Waals surface area (Å²) in [6.45, 7) is 2.04. The van der Waals surface area contributed by atoms with E-state index in [9.17, 15) is 9.35 Å². The molecule has 1 atom stereocenters. The first-order chi connectivity index (χ1) is 7.24. The molecule has 1 rings (SSSR count). The molecule has 80 valence electrons. The molecule has 4 heteroatoms. The molecule has 0 fully saturated rings. The monoisotopic (exact) mass is 224 g/mol. The van der Waals surface area contributed by atoms with Crippen molar-refractivity contribution in [1.29, 1.82) is 0 Å². The third-order valence-electron chi connectivity index (χ3n) is 1.59. The van der Waals surface area contributed by atoms with E-state index >= 15 is 0 Å². The summed E-state index contributed by atoms with van der Waals surface area (Å²) in [7, 11) is 0. The van der Waals surface area contributed by atoms with E-state index in [1.807, 2.05) is 6.07 Å². The lowest BCUT2D eigenvalue weighted by molar-refractivity contribution is -0.137. The standard InChI is InChI=1S/C11H12O3S/c1-2-14-11(12)8-9-15(13)10-6-4-3-5-7-10/h3-9H,2H2,1H3/b9-8+. The predicted molar refractivity (Wildman–Crippen MR) is 58.6 cm³/mol. The van der Waals surface area contributed by atoms with E-state index in [1.165, 1.54) is 11.5 Å². The van der Waals surface area contributed by atoms with E-state index in [2.05, 4.69) is 4.74 Å². The third-order valence-corrected chi connectivity index (χ3v) is 2.71. The Kier molecular flexibility index (Phi) is 4.93. The fourth-order valence-corrected chi connectivity index (χ4v) is 1.76. The van der Waals surface area contributed by atoms with Crippen molar-refractivity contribution < 1.29 is 14.1 Å². The minimum atomic E-state index is -1.29. The second kappa shape index (κ2) is 6.27. The smallest absolute Gasteiger partial charge is 0.335 e. The van der Waals surface area contributed by atoms with Crippen molar-refractivity contribution in [3.05, 3.63) is 41.8 Å². The highest BCUT2D eigenvalue weighted by Gasteiger charge is 2.06. The molecule has 1 aromatic carbocycles. The maximum atomic E-state index is 11.6. The molecule has 0 aliphatic heterocycles. The fourth-order valence-electron chi connectivity index (χ4n) is 0.941. The Morgan fingerprint density at radius 1 is 1.47 bits per heavy atom. The van der Waals surface area contributed by atoms with Gasteiger partial charge in [0.2, 0.25) is 0 Å². The Morgan fingerprint density at radius 2 is 2.13 bits per heavy atom. The number of hydrogen-bond donors (Lipinski definition) is 0. The summed E-state index contributed by atoms with van der Waals surface area (Å²) in [6, 6.07) is 8.92. The molecule has 0 saturated heterocycles. The largest absolute Gasteiger partial charge is 0.607 e. The maximum absolute atomic E-state index is 11.6. The highest BCUT2D eigenvalue weighted by Crippen LogP contribution is 2.10. The molecule has 15 heavy (non-hydrogen) atoms. The number of carbonyl (C=O) groups is 1. The van der Waals surface area contributed by atoms with Crippen LogP contribution in [-0.4, -0.2) is 17.1 Å². The SMILES string of the molecule is CCOC(=O)/C=C/[S+]([O-])c1ccccc1. The Hall–Kier alpha value is -1.26. The van der Waals surface area contributed by atoms with Crippen LogP contribution in [0.5, 0.6) is 0 Å². The van der Waals surface area contributed by atoms with Crippen LogP contribution in [0, 0.1) is 0 Å². The molecule has 1 aromatic rings. The Morgan fingerprint density at radius 3 is 2.73 bits per heavy atom. The zero-order valence-electron chi connectivity index (χ0n) is 8.38. The van der Waals surface area contributed by atoms with E-state index in [0.717, 1.165) is 0 Å². The van der Waals surface area contributed by atoms with Crippen molar-refractivity contribution in [2.75, 3.05) is 6.61 Å². The number of carbonyl (C=O) groups excluding carboxylic acids is 1. The van der Waals surface area contributed by atoms with E-state index in [4.69, 9.17) is 0 Å². The highest BCUT2D eigenvalue weighted by atomic mass is 32.2. The normalized spacial score (nSPS) is 12.7. The van der Waals surface area contributed by atoms with Crippen molar-refractivity contribution in [3.8, 4) is 0 Å². The Balaban J connectivity index is 2.56. The summed E-state index contributed by atoms with van der Waals surface area (Å²) in [5, 5.41) is 1.33. The summed E-state index contributed by atoms with van der Waals surface area (Å²) < 4.78 is 16.2. The first-order valence-corrected chi connectivity index (χ1v) is 5.76. The number of benzene rings is 1. The molecule has 0 amide bonds. The predicted octanol–water partition coefficient (Wildman–Crippen LogP) is 1.87. The Labute approximate surface area is 91.9 Å². The van der Waals surface area contributed by atoms with Crippen LogP contribution in [-0.2, 0) is 20.7 Å². The van der Waals surface area contributed by atoms with Crippen LogP contribution in [0.3, 0.4) is 0 Å². The number of hydrogen-bond acceptors (Lipinski definition) is 3. The van der Waals surface area contributed by atoms with E-state index in [1.54, 1.807) is 31.2 Å². The van der Waals surface area contributed by atoms with Gasteiger partial charge in [-0.3, -0.25) is 0 Å². The van der Waals surface area contributed by atoms with Gasteiger partial charge >= 0.3 is 5.97 Å². The maximum Gasteiger partial charge on any atom is 0.335 e.